The van der Waals surface area contributed by atoms with Gasteiger partial charge in [-0.25, -0.2) is 4.98 Å². The second-order valence-electron chi connectivity index (χ2n) is 4.63. The number of pyridine rings is 1. The topological polar surface area (TPSA) is 63.9 Å². The van der Waals surface area contributed by atoms with Crippen molar-refractivity contribution in [3.05, 3.63) is 29.6 Å². The van der Waals surface area contributed by atoms with Crippen LogP contribution in [0.2, 0.25) is 0 Å². The Kier molecular flexibility index (Phi) is 3.74. The molecule has 0 N–H and O–H groups in total. The molecule has 6 heteroatoms. The molecule has 0 aliphatic heterocycles. The van der Waals surface area contributed by atoms with Crippen molar-refractivity contribution in [3.63, 3.8) is 0 Å². The van der Waals surface area contributed by atoms with E-state index in [9.17, 15) is 9.59 Å². The molecule has 2 aromatic heterocycles. The first-order valence-electron chi connectivity index (χ1n) is 6.24. The number of nitrogens with zero attached hydrogens (tertiary/aromatic N) is 3. The molecule has 2 aromatic rings. The maximum absolute atomic E-state index is 11.8. The normalized spacial score (nSPS) is 10.6. The Morgan fingerprint density at radius 2 is 2.10 bits per heavy atom. The highest BCUT2D eigenvalue weighted by molar-refractivity contribution is 5.96. The van der Waals surface area contributed by atoms with Crippen LogP contribution in [-0.4, -0.2) is 34.9 Å². The maximum Gasteiger partial charge on any atom is 0.325 e. The minimum Gasteiger partial charge on any atom is -0.468 e. The van der Waals surface area contributed by atoms with E-state index in [1.54, 1.807) is 4.40 Å². The number of aromatic nitrogens is 2. The van der Waals surface area contributed by atoms with Gasteiger partial charge in [0.25, 0.3) is 0 Å². The second kappa shape index (κ2) is 5.32. The van der Waals surface area contributed by atoms with Gasteiger partial charge in [0.15, 0.2) is 0 Å². The molecule has 2 rings (SSSR count). The van der Waals surface area contributed by atoms with Gasteiger partial charge in [-0.05, 0) is 31.5 Å². The molecule has 106 valence electrons. The summed E-state index contributed by atoms with van der Waals surface area (Å²) in [7, 11) is 1.30. The lowest BCUT2D eigenvalue weighted by Crippen LogP contribution is -2.35. The first-order chi connectivity index (χ1) is 9.43. The van der Waals surface area contributed by atoms with E-state index in [4.69, 9.17) is 0 Å². The summed E-state index contributed by atoms with van der Waals surface area (Å²) in [6, 6.07) is 3.85. The number of esters is 1. The molecule has 0 aliphatic carbocycles. The van der Waals surface area contributed by atoms with Crippen LogP contribution in [0.15, 0.2) is 18.3 Å². The number of aryl methyl sites for hydroxylation is 2. The van der Waals surface area contributed by atoms with Crippen molar-refractivity contribution in [2.45, 2.75) is 20.8 Å². The van der Waals surface area contributed by atoms with Gasteiger partial charge >= 0.3 is 5.97 Å². The number of carbonyl (C=O) groups excluding carboxylic acids is 2. The summed E-state index contributed by atoms with van der Waals surface area (Å²) < 4.78 is 6.44. The van der Waals surface area contributed by atoms with Crippen molar-refractivity contribution in [1.29, 1.82) is 0 Å². The predicted octanol–water partition coefficient (Wildman–Crippen LogP) is 1.48. The minimum atomic E-state index is -0.471. The average Bonchev–Trinajstić information content (AvgIpc) is 2.70. The molecule has 0 unspecified atom stereocenters. The van der Waals surface area contributed by atoms with E-state index in [0.717, 1.165) is 11.2 Å². The smallest absolute Gasteiger partial charge is 0.325 e. The lowest BCUT2D eigenvalue weighted by atomic mass is 10.3. The highest BCUT2D eigenvalue weighted by Gasteiger charge is 2.22. The molecule has 0 saturated carbocycles. The van der Waals surface area contributed by atoms with Gasteiger partial charge in [-0.2, -0.15) is 0 Å². The maximum atomic E-state index is 11.8. The van der Waals surface area contributed by atoms with E-state index in [1.165, 1.54) is 18.9 Å². The molecule has 0 aliphatic rings. The number of amides is 1. The molecule has 0 radical (unpaired) electrons. The summed E-state index contributed by atoms with van der Waals surface area (Å²) in [4.78, 5) is 29.1. The van der Waals surface area contributed by atoms with Crippen LogP contribution in [0.5, 0.6) is 0 Å². The van der Waals surface area contributed by atoms with Crippen LogP contribution in [-0.2, 0) is 14.3 Å². The van der Waals surface area contributed by atoms with Crippen molar-refractivity contribution in [2.75, 3.05) is 18.6 Å². The van der Waals surface area contributed by atoms with Crippen molar-refractivity contribution in [1.82, 2.24) is 9.38 Å². The Labute approximate surface area is 117 Å². The van der Waals surface area contributed by atoms with Crippen molar-refractivity contribution >= 4 is 23.3 Å². The molecule has 0 spiro atoms. The van der Waals surface area contributed by atoms with E-state index in [-0.39, 0.29) is 12.5 Å². The number of imidazole rings is 1. The zero-order valence-corrected chi connectivity index (χ0v) is 12.0. The van der Waals surface area contributed by atoms with Gasteiger partial charge in [0.05, 0.1) is 12.8 Å². The third-order valence-electron chi connectivity index (χ3n) is 3.07. The van der Waals surface area contributed by atoms with Gasteiger partial charge in [-0.15, -0.1) is 0 Å². The Hall–Kier alpha value is -2.37. The predicted molar refractivity (Wildman–Crippen MR) is 74.7 cm³/mol. The van der Waals surface area contributed by atoms with Crippen LogP contribution in [0.25, 0.3) is 5.65 Å². The van der Waals surface area contributed by atoms with E-state index in [2.05, 4.69) is 9.72 Å². The van der Waals surface area contributed by atoms with E-state index < -0.39 is 5.97 Å². The number of anilines is 1. The summed E-state index contributed by atoms with van der Waals surface area (Å²) in [5.41, 5.74) is 2.51. The first kappa shape index (κ1) is 14.0. The van der Waals surface area contributed by atoms with Crippen LogP contribution >= 0.6 is 0 Å². The molecule has 6 nitrogen and oxygen atoms in total. The van der Waals surface area contributed by atoms with Gasteiger partial charge in [0.2, 0.25) is 5.91 Å². The summed E-state index contributed by atoms with van der Waals surface area (Å²) in [5.74, 6) is -0.111. The minimum absolute atomic E-state index is 0.131. The number of carbonyl (C=O) groups is 2. The Balaban J connectivity index is 2.55. The number of fused-ring (bicyclic) bond motifs is 1. The molecule has 0 atom stereocenters. The first-order valence-corrected chi connectivity index (χ1v) is 6.24. The summed E-state index contributed by atoms with van der Waals surface area (Å²) in [6.45, 7) is 5.07. The van der Waals surface area contributed by atoms with Crippen LogP contribution in [0.4, 0.5) is 5.82 Å². The molecule has 0 fully saturated rings. The molecule has 0 saturated heterocycles. The zero-order valence-electron chi connectivity index (χ0n) is 12.0. The van der Waals surface area contributed by atoms with E-state index in [1.807, 2.05) is 32.2 Å². The van der Waals surface area contributed by atoms with E-state index >= 15 is 0 Å². The van der Waals surface area contributed by atoms with Gasteiger partial charge in [0, 0.05) is 13.1 Å². The average molecular weight is 275 g/mol. The van der Waals surface area contributed by atoms with Gasteiger partial charge in [-0.3, -0.25) is 18.9 Å². The number of methoxy groups -OCH3 is 1. The Morgan fingerprint density at radius 3 is 2.70 bits per heavy atom. The van der Waals surface area contributed by atoms with Gasteiger partial charge < -0.3 is 4.74 Å². The number of hydrogen-bond donors (Lipinski definition) is 0. The lowest BCUT2D eigenvalue weighted by molar-refractivity contribution is -0.139. The molecule has 20 heavy (non-hydrogen) atoms. The van der Waals surface area contributed by atoms with Crippen LogP contribution in [0.3, 0.4) is 0 Å². The molecule has 0 bridgehead atoms. The van der Waals surface area contributed by atoms with Crippen molar-refractivity contribution in [3.8, 4) is 0 Å². The molecule has 0 aromatic carbocycles. The summed E-state index contributed by atoms with van der Waals surface area (Å²) in [5, 5.41) is 0. The molecular formula is C14H17N3O3. The largest absolute Gasteiger partial charge is 0.468 e. The highest BCUT2D eigenvalue weighted by Crippen LogP contribution is 2.22. The summed E-state index contributed by atoms with van der Waals surface area (Å²) in [6.07, 6.45) is 1.84. The van der Waals surface area contributed by atoms with Crippen LogP contribution < -0.4 is 4.90 Å². The monoisotopic (exact) mass is 275 g/mol. The van der Waals surface area contributed by atoms with Crippen LogP contribution in [0.1, 0.15) is 18.2 Å². The van der Waals surface area contributed by atoms with Crippen molar-refractivity contribution in [2.24, 2.45) is 0 Å². The number of hydrogen-bond acceptors (Lipinski definition) is 4. The fraction of sp³-hybridized carbons (Fsp3) is 0.357. The summed E-state index contributed by atoms with van der Waals surface area (Å²) >= 11 is 0. The number of rotatable bonds is 3. The fourth-order valence-electron chi connectivity index (χ4n) is 2.11. The zero-order chi connectivity index (χ0) is 14.9. The fourth-order valence-corrected chi connectivity index (χ4v) is 2.11. The van der Waals surface area contributed by atoms with Crippen molar-refractivity contribution < 1.29 is 14.3 Å². The number of ether oxygens (including phenoxy) is 1. The molecule has 2 heterocycles. The Morgan fingerprint density at radius 1 is 1.40 bits per heavy atom. The van der Waals surface area contributed by atoms with Crippen LogP contribution in [0, 0.1) is 13.8 Å². The molecule has 1 amide bonds. The standard InChI is InChI=1S/C14H17N3O3/c1-9-5-6-16-12(7-9)15-10(2)14(16)17(11(3)18)8-13(19)20-4/h5-7H,8H2,1-4H3. The van der Waals surface area contributed by atoms with E-state index in [0.29, 0.717) is 11.5 Å². The Bertz CT molecular complexity index is 676. The molecular weight excluding hydrogens is 258 g/mol. The quantitative estimate of drug-likeness (QED) is 0.796. The lowest BCUT2D eigenvalue weighted by Gasteiger charge is -2.20. The van der Waals surface area contributed by atoms with Gasteiger partial charge in [-0.1, -0.05) is 0 Å². The van der Waals surface area contributed by atoms with Gasteiger partial charge in [0.1, 0.15) is 18.0 Å². The highest BCUT2D eigenvalue weighted by atomic mass is 16.5. The third kappa shape index (κ3) is 2.49. The third-order valence-corrected chi connectivity index (χ3v) is 3.07. The second-order valence-corrected chi connectivity index (χ2v) is 4.63. The SMILES string of the molecule is COC(=O)CN(C(C)=O)c1c(C)nc2cc(C)ccn12.